The van der Waals surface area contributed by atoms with E-state index in [2.05, 4.69) is 110 Å². The second-order valence-corrected chi connectivity index (χ2v) is 20.8. The van der Waals surface area contributed by atoms with Gasteiger partial charge in [-0.25, -0.2) is 0 Å². The zero-order chi connectivity index (χ0) is 20.1. The van der Waals surface area contributed by atoms with Crippen molar-refractivity contribution in [2.45, 2.75) is 40.0 Å². The Hall–Kier alpha value is -1.27. The van der Waals surface area contributed by atoms with Crippen molar-refractivity contribution in [3.05, 3.63) is 103 Å². The first kappa shape index (κ1) is 26.8. The van der Waals surface area contributed by atoms with Crippen LogP contribution in [0.1, 0.15) is 40.0 Å². The van der Waals surface area contributed by atoms with Gasteiger partial charge in [-0.3, -0.25) is 0 Å². The van der Waals surface area contributed by atoms with Gasteiger partial charge in [0.2, 0.25) is 0 Å². The van der Waals surface area contributed by atoms with E-state index in [0.717, 1.165) is 19.3 Å². The van der Waals surface area contributed by atoms with Gasteiger partial charge in [-0.15, -0.1) is 0 Å². The molecule has 0 saturated carbocycles. The molecule has 3 heteroatoms. The van der Waals surface area contributed by atoms with E-state index in [1.165, 1.54) is 21.0 Å². The average molecular weight is 519 g/mol. The summed E-state index contributed by atoms with van der Waals surface area (Å²) in [5, 5.41) is 0. The molecule has 2 aromatic carbocycles. The maximum Gasteiger partial charge on any atom is -1.00 e. The fraction of sp³-hybridized carbons (Fsp3) is 0.222. The van der Waals surface area contributed by atoms with Crippen LogP contribution in [0.3, 0.4) is 0 Å². The van der Waals surface area contributed by atoms with Crippen LogP contribution in [0, 0.1) is 0 Å². The van der Waals surface area contributed by atoms with E-state index in [1.807, 2.05) is 0 Å². The van der Waals surface area contributed by atoms with Crippen LogP contribution < -0.4 is 31.4 Å². The number of benzene rings is 2. The monoisotopic (exact) mass is 516 g/mol. The normalized spacial score (nSPS) is 13.8. The molecule has 0 amide bonds. The van der Waals surface area contributed by atoms with Gasteiger partial charge in [-0.2, -0.15) is 0 Å². The van der Waals surface area contributed by atoms with Crippen molar-refractivity contribution >= 4 is 10.8 Å². The predicted octanol–water partition coefficient (Wildman–Crippen LogP) is 0.261. The van der Waals surface area contributed by atoms with Gasteiger partial charge in [0.25, 0.3) is 0 Å². The zero-order valence-electron chi connectivity index (χ0n) is 18.2. The van der Waals surface area contributed by atoms with Crippen LogP contribution >= 0.6 is 0 Å². The molecule has 3 rings (SSSR count). The minimum atomic E-state index is -4.11. The van der Waals surface area contributed by atoms with Crippen LogP contribution in [-0.4, -0.2) is 4.21 Å². The molecule has 2 aromatic rings. The Morgan fingerprint density at radius 1 is 0.900 bits per heavy atom. The van der Waals surface area contributed by atoms with Crippen molar-refractivity contribution in [3.8, 4) is 0 Å². The minimum Gasteiger partial charge on any atom is -1.00 e. The number of halogens is 2. The molecule has 0 fully saturated rings. The molecule has 0 bridgehead atoms. The standard InChI is InChI=1S/C9H15.2C6H5.C5H5.CH2.2ClH.Zr/c1-5-8(4)9(6-2)7-3;2*1-2-4-6-5-3-1;1-2-4-5-3-1;;;;/h2,6H,5,7H2,1,3-4H3;2*1-5H;1-3H,4H2;1H2;2*1H;/q;;;;;;;+2/p-2. The van der Waals surface area contributed by atoms with E-state index in [0.29, 0.717) is 0 Å². The molecule has 0 atom stereocenters. The third-order valence-corrected chi connectivity index (χ3v) is 21.3. The Balaban J connectivity index is 0.00000225. The molecule has 0 saturated heterocycles. The van der Waals surface area contributed by atoms with Crippen molar-refractivity contribution in [1.29, 1.82) is 0 Å². The fourth-order valence-electron chi connectivity index (χ4n) is 4.42. The largest absolute Gasteiger partial charge is 1.00 e. The third-order valence-electron chi connectivity index (χ3n) is 6.48. The Morgan fingerprint density at radius 3 is 1.83 bits per heavy atom. The van der Waals surface area contributed by atoms with Crippen LogP contribution in [0.2, 0.25) is 0 Å². The van der Waals surface area contributed by atoms with E-state index in [9.17, 15) is 0 Å². The summed E-state index contributed by atoms with van der Waals surface area (Å²) in [4.78, 5) is 0. The Kier molecular flexibility index (Phi) is 10.2. The van der Waals surface area contributed by atoms with E-state index in [4.69, 9.17) is 4.21 Å². The van der Waals surface area contributed by atoms with Gasteiger partial charge < -0.3 is 24.8 Å². The molecule has 0 aliphatic heterocycles. The van der Waals surface area contributed by atoms with Gasteiger partial charge in [0.15, 0.2) is 0 Å². The quantitative estimate of drug-likeness (QED) is 0.462. The molecule has 0 radical (unpaired) electrons. The summed E-state index contributed by atoms with van der Waals surface area (Å²) in [7, 11) is 0. The SMILES string of the molecule is [CH2]=[Zr+2]([CH]=CC(CC)=C(C)CC)([C]1=CC=CC1)([c]1ccccc1)[c]1ccccc1.[Cl-].[Cl-]. The molecule has 1 aliphatic carbocycles. The van der Waals surface area contributed by atoms with Crippen LogP contribution in [0.25, 0.3) is 0 Å². The smallest absolute Gasteiger partial charge is 1.00 e. The molecule has 0 unspecified atom stereocenters. The molecular formula is C27H32Cl2Zr. The summed E-state index contributed by atoms with van der Waals surface area (Å²) in [6.07, 6.45) is 12.4. The van der Waals surface area contributed by atoms with E-state index in [-0.39, 0.29) is 24.8 Å². The second-order valence-electron chi connectivity index (χ2n) is 7.94. The van der Waals surface area contributed by atoms with Crippen molar-refractivity contribution in [1.82, 2.24) is 0 Å². The first-order valence-corrected chi connectivity index (χ1v) is 17.3. The van der Waals surface area contributed by atoms with Crippen LogP contribution in [0.5, 0.6) is 0 Å². The van der Waals surface area contributed by atoms with Gasteiger partial charge in [0.1, 0.15) is 0 Å². The summed E-state index contributed by atoms with van der Waals surface area (Å²) in [5.74, 6) is 0. The molecule has 30 heavy (non-hydrogen) atoms. The minimum absolute atomic E-state index is 0. The molecule has 0 aromatic heterocycles. The summed E-state index contributed by atoms with van der Waals surface area (Å²) in [6.45, 7) is 6.76. The van der Waals surface area contributed by atoms with Crippen LogP contribution in [0.4, 0.5) is 0 Å². The average Bonchev–Trinajstić information content (AvgIpc) is 3.31. The first-order chi connectivity index (χ1) is 13.5. The molecule has 1 aliphatic rings. The van der Waals surface area contributed by atoms with Crippen molar-refractivity contribution in [2.75, 3.05) is 0 Å². The predicted molar refractivity (Wildman–Crippen MR) is 124 cm³/mol. The maximum atomic E-state index is 5.21. The van der Waals surface area contributed by atoms with Crippen molar-refractivity contribution in [3.63, 3.8) is 0 Å². The fourth-order valence-corrected chi connectivity index (χ4v) is 17.2. The number of hydrogen-bond donors (Lipinski definition) is 0. The number of hydrogen-bond acceptors (Lipinski definition) is 0. The van der Waals surface area contributed by atoms with Gasteiger partial charge in [-0.05, 0) is 0 Å². The summed E-state index contributed by atoms with van der Waals surface area (Å²) in [6, 6.07) is 22.1. The van der Waals surface area contributed by atoms with Crippen molar-refractivity contribution in [2.24, 2.45) is 0 Å². The maximum absolute atomic E-state index is 5.21. The topological polar surface area (TPSA) is 0 Å². The zero-order valence-corrected chi connectivity index (χ0v) is 22.2. The van der Waals surface area contributed by atoms with Crippen LogP contribution in [-0.2, 0) is 18.3 Å². The van der Waals surface area contributed by atoms with Crippen molar-refractivity contribution < 1.29 is 43.1 Å². The van der Waals surface area contributed by atoms with Crippen LogP contribution in [0.15, 0.2) is 103 Å². The molecule has 158 valence electrons. The van der Waals surface area contributed by atoms with Gasteiger partial charge in [0.05, 0.1) is 0 Å². The summed E-state index contributed by atoms with van der Waals surface area (Å²) in [5.41, 5.74) is 2.92. The molecule has 0 nitrogen and oxygen atoms in total. The summed E-state index contributed by atoms with van der Waals surface area (Å²) >= 11 is -4.11. The molecule has 0 heterocycles. The Labute approximate surface area is 195 Å². The molecule has 0 spiro atoms. The Bertz CT molecular complexity index is 966. The summed E-state index contributed by atoms with van der Waals surface area (Å²) < 4.78 is 12.1. The number of rotatable bonds is 7. The first-order valence-electron chi connectivity index (χ1n) is 10.4. The van der Waals surface area contributed by atoms with Gasteiger partial charge >= 0.3 is 172 Å². The molecule has 0 N–H and O–H groups in total. The van der Waals surface area contributed by atoms with E-state index < -0.39 is 18.3 Å². The second kappa shape index (κ2) is 11.4. The third kappa shape index (κ3) is 4.80. The molecular weight excluding hydrogens is 486 g/mol. The van der Waals surface area contributed by atoms with E-state index in [1.54, 1.807) is 0 Å². The van der Waals surface area contributed by atoms with Gasteiger partial charge in [-0.1, -0.05) is 0 Å². The number of allylic oxidation sites excluding steroid dienone is 7. The van der Waals surface area contributed by atoms with E-state index >= 15 is 0 Å². The Morgan fingerprint density at radius 2 is 1.43 bits per heavy atom. The van der Waals surface area contributed by atoms with Gasteiger partial charge in [0, 0.05) is 0 Å².